The van der Waals surface area contributed by atoms with E-state index in [9.17, 15) is 18.0 Å². The van der Waals surface area contributed by atoms with Gasteiger partial charge in [-0.3, -0.25) is 9.79 Å². The second kappa shape index (κ2) is 10.2. The van der Waals surface area contributed by atoms with Gasteiger partial charge in [-0.15, -0.1) is 0 Å². The van der Waals surface area contributed by atoms with E-state index in [0.29, 0.717) is 10.6 Å². The van der Waals surface area contributed by atoms with E-state index >= 15 is 0 Å². The summed E-state index contributed by atoms with van der Waals surface area (Å²) in [6.07, 6.45) is 3.77. The number of hydrogen-bond acceptors (Lipinski definition) is 6. The van der Waals surface area contributed by atoms with E-state index in [1.165, 1.54) is 49.9 Å². The lowest BCUT2D eigenvalue weighted by Gasteiger charge is -2.43. The van der Waals surface area contributed by atoms with Gasteiger partial charge in [0.05, 0.1) is 30.0 Å². The third kappa shape index (κ3) is 6.01. The molecule has 11 heteroatoms. The summed E-state index contributed by atoms with van der Waals surface area (Å²) in [4.78, 5) is 26.4. The highest BCUT2D eigenvalue weighted by Crippen LogP contribution is 2.35. The number of carbonyl (C=O) groups is 1. The number of anilines is 1. The molecule has 0 saturated carbocycles. The highest BCUT2D eigenvalue weighted by atomic mass is 35.5. The number of nitrogens with zero attached hydrogens (tertiary/aromatic N) is 4. The molecule has 1 fully saturated rings. The molecule has 2 heterocycles. The van der Waals surface area contributed by atoms with E-state index in [-0.39, 0.29) is 30.2 Å². The Labute approximate surface area is 194 Å². The number of hydrogen-bond donors (Lipinski definition) is 2. The van der Waals surface area contributed by atoms with Crippen LogP contribution in [0.5, 0.6) is 0 Å². The van der Waals surface area contributed by atoms with Crippen molar-refractivity contribution in [2.75, 3.05) is 25.5 Å². The Hall–Kier alpha value is -3.14. The first-order valence-corrected chi connectivity index (χ1v) is 10.6. The molecular weight excluding hydrogens is 457 g/mol. The van der Waals surface area contributed by atoms with Crippen molar-refractivity contribution in [1.82, 2.24) is 14.9 Å². The Balaban J connectivity index is 1.92. The first-order valence-electron chi connectivity index (χ1n) is 10.2. The number of rotatable bonds is 6. The van der Waals surface area contributed by atoms with Gasteiger partial charge in [0.15, 0.2) is 0 Å². The minimum absolute atomic E-state index is 0.131. The molecule has 1 saturated heterocycles. The van der Waals surface area contributed by atoms with Gasteiger partial charge in [-0.2, -0.15) is 0 Å². The summed E-state index contributed by atoms with van der Waals surface area (Å²) >= 11 is 5.79. The Bertz CT molecular complexity index is 1040. The fourth-order valence-corrected chi connectivity index (χ4v) is 3.90. The largest absolute Gasteiger partial charge is 0.394 e. The van der Waals surface area contributed by atoms with Crippen LogP contribution in [0.25, 0.3) is 5.57 Å². The predicted octanol–water partition coefficient (Wildman–Crippen LogP) is 3.62. The first-order chi connectivity index (χ1) is 15.6. The maximum atomic E-state index is 14.4. The van der Waals surface area contributed by atoms with Crippen molar-refractivity contribution in [2.45, 2.75) is 25.3 Å². The number of halogens is 4. The van der Waals surface area contributed by atoms with Crippen LogP contribution in [0.4, 0.5) is 19.1 Å². The predicted molar refractivity (Wildman–Crippen MR) is 122 cm³/mol. The minimum atomic E-state index is -3.07. The average Bonchev–Trinajstić information content (AvgIpc) is 2.77. The number of allylic oxidation sites excluding steroid dienone is 1. The van der Waals surface area contributed by atoms with Gasteiger partial charge in [-0.25, -0.2) is 23.1 Å². The van der Waals surface area contributed by atoms with E-state index in [2.05, 4.69) is 20.3 Å². The van der Waals surface area contributed by atoms with Gasteiger partial charge >= 0.3 is 0 Å². The number of piperidine rings is 1. The quantitative estimate of drug-likeness (QED) is 0.486. The molecule has 0 radical (unpaired) electrons. The molecule has 1 unspecified atom stereocenters. The van der Waals surface area contributed by atoms with E-state index in [1.807, 2.05) is 0 Å². The molecular formula is C22H24ClF3N6O. The lowest BCUT2D eigenvalue weighted by atomic mass is 9.88. The van der Waals surface area contributed by atoms with Crippen LogP contribution in [0, 0.1) is 11.7 Å². The Kier molecular flexibility index (Phi) is 7.57. The summed E-state index contributed by atoms with van der Waals surface area (Å²) in [6, 6.07) is 4.70. The fraction of sp³-hybridized carbons (Fsp3) is 0.364. The van der Waals surface area contributed by atoms with Gasteiger partial charge in [-0.1, -0.05) is 30.7 Å². The van der Waals surface area contributed by atoms with Crippen molar-refractivity contribution in [3.05, 3.63) is 58.8 Å². The van der Waals surface area contributed by atoms with Gasteiger partial charge in [-0.05, 0) is 23.6 Å². The summed E-state index contributed by atoms with van der Waals surface area (Å²) in [5, 5.41) is 3.32. The van der Waals surface area contributed by atoms with Crippen LogP contribution in [-0.2, 0) is 4.79 Å². The van der Waals surface area contributed by atoms with Gasteiger partial charge in [0.1, 0.15) is 11.5 Å². The number of nitrogens with one attached hydrogen (secondary N) is 1. The number of nitrogens with two attached hydrogens (primary N) is 1. The third-order valence-electron chi connectivity index (χ3n) is 5.36. The monoisotopic (exact) mass is 480 g/mol. The zero-order valence-corrected chi connectivity index (χ0v) is 18.9. The molecule has 1 aliphatic heterocycles. The normalized spacial score (nSPS) is 21.1. The molecule has 176 valence electrons. The van der Waals surface area contributed by atoms with Gasteiger partial charge in [0, 0.05) is 31.8 Å². The molecule has 3 rings (SSSR count). The van der Waals surface area contributed by atoms with E-state index in [0.717, 1.165) is 4.90 Å². The van der Waals surface area contributed by atoms with Crippen LogP contribution < -0.4 is 11.1 Å². The van der Waals surface area contributed by atoms with Crippen LogP contribution >= 0.6 is 11.6 Å². The average molecular weight is 481 g/mol. The highest BCUT2D eigenvalue weighted by molar-refractivity contribution is 6.30. The molecule has 33 heavy (non-hydrogen) atoms. The molecule has 1 aromatic heterocycles. The SMILES string of the molecule is CN=CC(=C(N)C(=O)N1CC(F)(F)C[C@@H](C)C1CNc1ncc(Cl)cn1)c1ccc(F)cc1. The van der Waals surface area contributed by atoms with Crippen LogP contribution in [-0.4, -0.2) is 59.1 Å². The molecule has 2 atom stereocenters. The second-order valence-corrected chi connectivity index (χ2v) is 8.30. The Morgan fingerprint density at radius 3 is 2.58 bits per heavy atom. The van der Waals surface area contributed by atoms with Crippen LogP contribution in [0.15, 0.2) is 47.3 Å². The van der Waals surface area contributed by atoms with E-state index in [4.69, 9.17) is 17.3 Å². The van der Waals surface area contributed by atoms with Crippen molar-refractivity contribution in [1.29, 1.82) is 0 Å². The van der Waals surface area contributed by atoms with Crippen LogP contribution in [0.2, 0.25) is 5.02 Å². The standard InChI is InChI=1S/C22H24ClF3N6O/c1-13-7-22(25,26)12-32(18(13)11-31-21-29-8-15(23)9-30-21)20(33)19(27)17(10-28-2)14-3-5-16(24)6-4-14/h3-6,8-10,13,18H,7,11-12,27H2,1-2H3,(H,29,30,31)/t13-,18?/m1/s1. The number of likely N-dealkylation sites (tertiary alicyclic amines) is 1. The molecule has 2 aromatic rings. The summed E-state index contributed by atoms with van der Waals surface area (Å²) in [6.45, 7) is 0.993. The van der Waals surface area contributed by atoms with E-state index in [1.54, 1.807) is 6.92 Å². The Morgan fingerprint density at radius 2 is 1.97 bits per heavy atom. The summed E-state index contributed by atoms with van der Waals surface area (Å²) < 4.78 is 42.2. The lowest BCUT2D eigenvalue weighted by molar-refractivity contribution is -0.148. The molecule has 1 amide bonds. The zero-order valence-electron chi connectivity index (χ0n) is 18.1. The van der Waals surface area contributed by atoms with Gasteiger partial charge < -0.3 is 16.0 Å². The van der Waals surface area contributed by atoms with Gasteiger partial charge in [0.25, 0.3) is 11.8 Å². The topological polar surface area (TPSA) is 96.5 Å². The highest BCUT2D eigenvalue weighted by Gasteiger charge is 2.46. The van der Waals surface area contributed by atoms with Gasteiger partial charge in [0.2, 0.25) is 5.95 Å². The maximum Gasteiger partial charge on any atom is 0.270 e. The molecule has 0 bridgehead atoms. The van der Waals surface area contributed by atoms with Crippen LogP contribution in [0.3, 0.4) is 0 Å². The summed E-state index contributed by atoms with van der Waals surface area (Å²) in [5.41, 5.74) is 6.57. The van der Waals surface area contributed by atoms with Crippen molar-refractivity contribution in [3.8, 4) is 0 Å². The number of aromatic nitrogens is 2. The summed E-state index contributed by atoms with van der Waals surface area (Å²) in [5.74, 6) is -4.58. The molecule has 0 spiro atoms. The molecule has 1 aliphatic rings. The number of alkyl halides is 2. The van der Waals surface area contributed by atoms with Crippen molar-refractivity contribution in [3.63, 3.8) is 0 Å². The number of amides is 1. The molecule has 1 aromatic carbocycles. The van der Waals surface area contributed by atoms with Crippen molar-refractivity contribution < 1.29 is 18.0 Å². The fourth-order valence-electron chi connectivity index (χ4n) is 3.81. The smallest absolute Gasteiger partial charge is 0.270 e. The maximum absolute atomic E-state index is 14.4. The summed E-state index contributed by atoms with van der Waals surface area (Å²) in [7, 11) is 1.48. The second-order valence-electron chi connectivity index (χ2n) is 7.87. The number of carbonyl (C=O) groups excluding carboxylic acids is 1. The molecule has 7 nitrogen and oxygen atoms in total. The third-order valence-corrected chi connectivity index (χ3v) is 5.56. The molecule has 0 aliphatic carbocycles. The van der Waals surface area contributed by atoms with E-state index < -0.39 is 36.2 Å². The molecule has 3 N–H and O–H groups in total. The number of benzene rings is 1. The minimum Gasteiger partial charge on any atom is -0.394 e. The van der Waals surface area contributed by atoms with Crippen molar-refractivity contribution in [2.24, 2.45) is 16.6 Å². The first kappa shape index (κ1) is 24.5. The zero-order chi connectivity index (χ0) is 24.2. The number of aliphatic imine (C=N–C) groups is 1. The van der Waals surface area contributed by atoms with Crippen molar-refractivity contribution >= 4 is 35.2 Å². The van der Waals surface area contributed by atoms with Crippen LogP contribution in [0.1, 0.15) is 18.9 Å². The Morgan fingerprint density at radius 1 is 1.33 bits per heavy atom. The lowest BCUT2D eigenvalue weighted by Crippen LogP contribution is -2.58.